The summed E-state index contributed by atoms with van der Waals surface area (Å²) >= 11 is 1.73. The van der Waals surface area contributed by atoms with E-state index < -0.39 is 0 Å². The number of hydrogen-bond acceptors (Lipinski definition) is 5. The summed E-state index contributed by atoms with van der Waals surface area (Å²) in [6.45, 7) is 5.04. The molecule has 3 aromatic rings. The van der Waals surface area contributed by atoms with Crippen molar-refractivity contribution in [3.63, 3.8) is 0 Å². The van der Waals surface area contributed by atoms with Crippen LogP contribution in [0.4, 0.5) is 16.3 Å². The number of amides is 2. The molecule has 6 nitrogen and oxygen atoms in total. The van der Waals surface area contributed by atoms with Gasteiger partial charge in [0.1, 0.15) is 17.0 Å². The van der Waals surface area contributed by atoms with Crippen molar-refractivity contribution >= 4 is 39.1 Å². The Morgan fingerprint density at radius 1 is 1.15 bits per heavy atom. The van der Waals surface area contributed by atoms with Gasteiger partial charge in [-0.05, 0) is 24.6 Å². The maximum atomic E-state index is 12.4. The molecule has 0 spiro atoms. The third kappa shape index (κ3) is 3.35. The fraction of sp³-hybridized carbons (Fsp3) is 0.316. The summed E-state index contributed by atoms with van der Waals surface area (Å²) in [6.07, 6.45) is 2.65. The number of aryl methyl sites for hydroxylation is 1. The zero-order valence-corrected chi connectivity index (χ0v) is 15.5. The number of anilines is 2. The molecule has 1 aliphatic rings. The van der Waals surface area contributed by atoms with Crippen LogP contribution in [0, 0.1) is 0 Å². The number of hydrogen-bond donors (Lipinski definition) is 1. The molecule has 2 aromatic heterocycles. The average molecular weight is 367 g/mol. The largest absolute Gasteiger partial charge is 0.352 e. The van der Waals surface area contributed by atoms with Gasteiger partial charge < -0.3 is 15.1 Å². The minimum absolute atomic E-state index is 0.0486. The molecule has 1 fully saturated rings. The second-order valence-electron chi connectivity index (χ2n) is 6.25. The Morgan fingerprint density at radius 2 is 1.92 bits per heavy atom. The Kier molecular flexibility index (Phi) is 4.71. The fourth-order valence-corrected chi connectivity index (χ4v) is 4.09. The molecule has 0 bridgehead atoms. The molecule has 0 atom stereocenters. The molecule has 1 aromatic carbocycles. The van der Waals surface area contributed by atoms with Crippen molar-refractivity contribution in [3.05, 3.63) is 47.6 Å². The van der Waals surface area contributed by atoms with Crippen LogP contribution in [-0.2, 0) is 6.42 Å². The lowest BCUT2D eigenvalue weighted by Gasteiger charge is -2.35. The van der Waals surface area contributed by atoms with E-state index in [1.165, 1.54) is 4.88 Å². The summed E-state index contributed by atoms with van der Waals surface area (Å²) in [5.41, 5.74) is 0.822. The topological polar surface area (TPSA) is 61.4 Å². The Balaban J connectivity index is 1.44. The summed E-state index contributed by atoms with van der Waals surface area (Å²) in [5.74, 6) is 0.981. The molecule has 1 saturated heterocycles. The van der Waals surface area contributed by atoms with Crippen LogP contribution in [-0.4, -0.2) is 47.1 Å². The van der Waals surface area contributed by atoms with Crippen molar-refractivity contribution in [2.45, 2.75) is 13.3 Å². The second-order valence-corrected chi connectivity index (χ2v) is 7.37. The maximum absolute atomic E-state index is 12.4. The number of thiophene rings is 1. The van der Waals surface area contributed by atoms with Crippen LogP contribution in [0.5, 0.6) is 0 Å². The quantitative estimate of drug-likeness (QED) is 0.768. The predicted octanol–water partition coefficient (Wildman–Crippen LogP) is 3.61. The maximum Gasteiger partial charge on any atom is 0.321 e. The highest BCUT2D eigenvalue weighted by Gasteiger charge is 2.23. The van der Waals surface area contributed by atoms with Gasteiger partial charge in [0, 0.05) is 36.7 Å². The molecule has 1 N–H and O–H groups in total. The lowest BCUT2D eigenvalue weighted by Crippen LogP contribution is -2.50. The summed E-state index contributed by atoms with van der Waals surface area (Å²) < 4.78 is 0. The SMILES string of the molecule is CCc1cc2c(N3CCN(C(=O)Nc4ccccc4)CC3)ncnc2s1. The van der Waals surface area contributed by atoms with Gasteiger partial charge in [0.25, 0.3) is 0 Å². The van der Waals surface area contributed by atoms with Crippen molar-refractivity contribution < 1.29 is 4.79 Å². The van der Waals surface area contributed by atoms with Crippen LogP contribution in [0.25, 0.3) is 10.2 Å². The first kappa shape index (κ1) is 16.8. The number of piperazine rings is 1. The summed E-state index contributed by atoms with van der Waals surface area (Å²) in [6, 6.07) is 11.7. The van der Waals surface area contributed by atoms with E-state index in [2.05, 4.69) is 33.2 Å². The molecule has 26 heavy (non-hydrogen) atoms. The van der Waals surface area contributed by atoms with Gasteiger partial charge >= 0.3 is 6.03 Å². The van der Waals surface area contributed by atoms with Gasteiger partial charge in [0.15, 0.2) is 0 Å². The van der Waals surface area contributed by atoms with Crippen LogP contribution >= 0.6 is 11.3 Å². The number of carbonyl (C=O) groups excluding carboxylic acids is 1. The van der Waals surface area contributed by atoms with Crippen molar-refractivity contribution in [2.24, 2.45) is 0 Å². The highest BCUT2D eigenvalue weighted by molar-refractivity contribution is 7.18. The van der Waals surface area contributed by atoms with Crippen molar-refractivity contribution in [1.29, 1.82) is 0 Å². The Bertz CT molecular complexity index is 903. The first-order chi connectivity index (χ1) is 12.7. The zero-order valence-electron chi connectivity index (χ0n) is 14.7. The number of nitrogens with zero attached hydrogens (tertiary/aromatic N) is 4. The van der Waals surface area contributed by atoms with Crippen LogP contribution in [0.15, 0.2) is 42.7 Å². The number of aromatic nitrogens is 2. The lowest BCUT2D eigenvalue weighted by molar-refractivity contribution is 0.208. The van der Waals surface area contributed by atoms with Gasteiger partial charge in [0.2, 0.25) is 0 Å². The van der Waals surface area contributed by atoms with E-state index in [0.29, 0.717) is 13.1 Å². The molecular formula is C19H21N5OS. The molecule has 3 heterocycles. The van der Waals surface area contributed by atoms with Gasteiger partial charge in [-0.1, -0.05) is 25.1 Å². The molecule has 7 heteroatoms. The van der Waals surface area contributed by atoms with E-state index in [4.69, 9.17) is 0 Å². The van der Waals surface area contributed by atoms with Crippen molar-refractivity contribution in [2.75, 3.05) is 36.4 Å². The molecular weight excluding hydrogens is 346 g/mol. The lowest BCUT2D eigenvalue weighted by atomic mass is 10.2. The molecule has 0 radical (unpaired) electrons. The number of benzene rings is 1. The summed E-state index contributed by atoms with van der Waals surface area (Å²) in [4.78, 5) is 27.8. The summed E-state index contributed by atoms with van der Waals surface area (Å²) in [7, 11) is 0. The van der Waals surface area contributed by atoms with E-state index in [-0.39, 0.29) is 6.03 Å². The van der Waals surface area contributed by atoms with E-state index >= 15 is 0 Å². The fourth-order valence-electron chi connectivity index (χ4n) is 3.16. The smallest absolute Gasteiger partial charge is 0.321 e. The minimum Gasteiger partial charge on any atom is -0.352 e. The second kappa shape index (κ2) is 7.29. The van der Waals surface area contributed by atoms with Gasteiger partial charge in [-0.3, -0.25) is 0 Å². The molecule has 0 saturated carbocycles. The van der Waals surface area contributed by atoms with Crippen LogP contribution in [0.3, 0.4) is 0 Å². The van der Waals surface area contributed by atoms with E-state index in [9.17, 15) is 4.79 Å². The summed E-state index contributed by atoms with van der Waals surface area (Å²) in [5, 5.41) is 4.07. The molecule has 1 aliphatic heterocycles. The number of carbonyl (C=O) groups is 1. The van der Waals surface area contributed by atoms with Crippen LogP contribution in [0.1, 0.15) is 11.8 Å². The third-order valence-corrected chi connectivity index (χ3v) is 5.79. The van der Waals surface area contributed by atoms with E-state index in [1.54, 1.807) is 17.7 Å². The highest BCUT2D eigenvalue weighted by atomic mass is 32.1. The average Bonchev–Trinajstić information content (AvgIpc) is 3.12. The first-order valence-corrected chi connectivity index (χ1v) is 9.65. The standard InChI is InChI=1S/C19H21N5OS/c1-2-15-12-16-17(20-13-21-18(16)26-15)23-8-10-24(11-9-23)19(25)22-14-6-4-3-5-7-14/h3-7,12-13H,2,8-11H2,1H3,(H,22,25). The van der Waals surface area contributed by atoms with Gasteiger partial charge in [-0.15, -0.1) is 11.3 Å². The molecule has 4 rings (SSSR count). The molecule has 0 aliphatic carbocycles. The van der Waals surface area contributed by atoms with Crippen LogP contribution < -0.4 is 10.2 Å². The predicted molar refractivity (Wildman–Crippen MR) is 106 cm³/mol. The number of fused-ring (bicyclic) bond motifs is 1. The van der Waals surface area contributed by atoms with Crippen molar-refractivity contribution in [1.82, 2.24) is 14.9 Å². The normalized spacial score (nSPS) is 14.7. The minimum atomic E-state index is -0.0486. The Morgan fingerprint density at radius 3 is 2.65 bits per heavy atom. The van der Waals surface area contributed by atoms with Gasteiger partial charge in [-0.25, -0.2) is 14.8 Å². The van der Waals surface area contributed by atoms with E-state index in [0.717, 1.165) is 41.2 Å². The van der Waals surface area contributed by atoms with Gasteiger partial charge in [0.05, 0.1) is 5.39 Å². The van der Waals surface area contributed by atoms with Crippen LogP contribution in [0.2, 0.25) is 0 Å². The monoisotopic (exact) mass is 367 g/mol. The third-order valence-electron chi connectivity index (χ3n) is 4.60. The number of rotatable bonds is 3. The zero-order chi connectivity index (χ0) is 17.9. The number of nitrogens with one attached hydrogen (secondary N) is 1. The number of para-hydroxylation sites is 1. The van der Waals surface area contributed by atoms with Gasteiger partial charge in [-0.2, -0.15) is 0 Å². The first-order valence-electron chi connectivity index (χ1n) is 8.84. The molecule has 0 unspecified atom stereocenters. The Hall–Kier alpha value is -2.67. The molecule has 2 amide bonds. The van der Waals surface area contributed by atoms with Crippen molar-refractivity contribution in [3.8, 4) is 0 Å². The number of urea groups is 1. The molecule has 134 valence electrons. The van der Waals surface area contributed by atoms with E-state index in [1.807, 2.05) is 35.2 Å². The highest BCUT2D eigenvalue weighted by Crippen LogP contribution is 2.30. The Labute approximate surface area is 156 Å².